The van der Waals surface area contributed by atoms with Gasteiger partial charge in [-0.2, -0.15) is 11.8 Å². The lowest BCUT2D eigenvalue weighted by Crippen LogP contribution is -2.19. The first-order valence-corrected chi connectivity index (χ1v) is 6.72. The second kappa shape index (κ2) is 6.58. The molecular weight excluding hydrogens is 260 g/mol. The van der Waals surface area contributed by atoms with Gasteiger partial charge in [-0.1, -0.05) is 0 Å². The molecule has 0 amide bonds. The van der Waals surface area contributed by atoms with Crippen LogP contribution in [0.4, 0.5) is 14.5 Å². The van der Waals surface area contributed by atoms with Gasteiger partial charge in [-0.05, 0) is 25.3 Å². The number of esters is 1. The summed E-state index contributed by atoms with van der Waals surface area (Å²) in [5, 5.41) is 2.85. The average molecular weight is 275 g/mol. The lowest BCUT2D eigenvalue weighted by atomic mass is 10.1. The molecule has 6 heteroatoms. The number of thioether (sulfide) groups is 1. The van der Waals surface area contributed by atoms with Gasteiger partial charge in [0.2, 0.25) is 0 Å². The van der Waals surface area contributed by atoms with Gasteiger partial charge >= 0.3 is 5.97 Å². The zero-order chi connectivity index (χ0) is 13.7. The number of rotatable bonds is 5. The maximum absolute atomic E-state index is 13.7. The van der Waals surface area contributed by atoms with E-state index in [0.717, 1.165) is 12.9 Å². The molecule has 100 valence electrons. The molecule has 0 bridgehead atoms. The molecule has 1 N–H and O–H groups in total. The molecule has 0 aromatic heterocycles. The molecule has 3 nitrogen and oxygen atoms in total. The number of ether oxygens (including phenoxy) is 1. The number of benzene rings is 1. The Hall–Kier alpha value is -1.30. The summed E-state index contributed by atoms with van der Waals surface area (Å²) < 4.78 is 31.7. The molecular formula is C12H15F2NO2S. The second-order valence-corrected chi connectivity index (χ2v) is 4.69. The van der Waals surface area contributed by atoms with E-state index in [2.05, 4.69) is 10.1 Å². The highest BCUT2D eigenvalue weighted by atomic mass is 32.2. The van der Waals surface area contributed by atoms with E-state index in [-0.39, 0.29) is 11.7 Å². The molecule has 0 fully saturated rings. The van der Waals surface area contributed by atoms with Crippen molar-refractivity contribution in [3.8, 4) is 0 Å². The smallest absolute Gasteiger partial charge is 0.340 e. The molecule has 18 heavy (non-hydrogen) atoms. The summed E-state index contributed by atoms with van der Waals surface area (Å²) in [4.78, 5) is 11.2. The number of methoxy groups -OCH3 is 1. The van der Waals surface area contributed by atoms with Crippen LogP contribution in [0, 0.1) is 11.6 Å². The predicted molar refractivity (Wildman–Crippen MR) is 69.2 cm³/mol. The Morgan fingerprint density at radius 3 is 2.67 bits per heavy atom. The van der Waals surface area contributed by atoms with Crippen LogP contribution in [0.2, 0.25) is 0 Å². The third kappa shape index (κ3) is 3.35. The van der Waals surface area contributed by atoms with Crippen LogP contribution in [-0.4, -0.2) is 31.1 Å². The van der Waals surface area contributed by atoms with Gasteiger partial charge in [0, 0.05) is 11.8 Å². The molecule has 0 heterocycles. The fraction of sp³-hybridized carbons (Fsp3) is 0.417. The molecule has 1 aromatic carbocycles. The van der Waals surface area contributed by atoms with Crippen molar-refractivity contribution >= 4 is 23.4 Å². The summed E-state index contributed by atoms with van der Waals surface area (Å²) in [6, 6.07) is 2.54. The Labute approximate surface area is 109 Å². The van der Waals surface area contributed by atoms with E-state index in [1.165, 1.54) is 12.1 Å². The number of carbonyl (C=O) groups excluding carboxylic acids is 1. The van der Waals surface area contributed by atoms with Gasteiger partial charge in [-0.3, -0.25) is 0 Å². The Bertz CT molecular complexity index is 440. The van der Waals surface area contributed by atoms with E-state index in [4.69, 9.17) is 0 Å². The topological polar surface area (TPSA) is 38.3 Å². The standard InChI is InChI=1S/C12H15F2NO2S/c1-7(6-18-3)15-9-5-4-8(12(16)17-2)10(13)11(9)14/h4-5,7,15H,6H2,1-3H3. The Morgan fingerprint density at radius 2 is 2.11 bits per heavy atom. The van der Waals surface area contributed by atoms with Crippen molar-refractivity contribution in [1.82, 2.24) is 0 Å². The van der Waals surface area contributed by atoms with E-state index in [0.29, 0.717) is 0 Å². The van der Waals surface area contributed by atoms with Crippen LogP contribution in [0.3, 0.4) is 0 Å². The Morgan fingerprint density at radius 1 is 1.44 bits per heavy atom. The minimum atomic E-state index is -1.19. The molecule has 1 atom stereocenters. The highest BCUT2D eigenvalue weighted by Gasteiger charge is 2.19. The summed E-state index contributed by atoms with van der Waals surface area (Å²) in [6.45, 7) is 1.86. The van der Waals surface area contributed by atoms with E-state index in [1.54, 1.807) is 11.8 Å². The van der Waals surface area contributed by atoms with Crippen molar-refractivity contribution < 1.29 is 18.3 Å². The maximum atomic E-state index is 13.7. The lowest BCUT2D eigenvalue weighted by molar-refractivity contribution is 0.0594. The zero-order valence-electron chi connectivity index (χ0n) is 10.4. The van der Waals surface area contributed by atoms with Gasteiger partial charge in [0.25, 0.3) is 0 Å². The maximum Gasteiger partial charge on any atom is 0.340 e. The van der Waals surface area contributed by atoms with Crippen LogP contribution in [0.15, 0.2) is 12.1 Å². The molecule has 0 aliphatic carbocycles. The highest BCUT2D eigenvalue weighted by Crippen LogP contribution is 2.22. The molecule has 0 saturated heterocycles. The molecule has 0 saturated carbocycles. The van der Waals surface area contributed by atoms with Crippen LogP contribution in [-0.2, 0) is 4.74 Å². The van der Waals surface area contributed by atoms with Crippen LogP contribution < -0.4 is 5.32 Å². The summed E-state index contributed by atoms with van der Waals surface area (Å²) in [5.74, 6) is -2.39. The minimum Gasteiger partial charge on any atom is -0.465 e. The molecule has 0 aliphatic rings. The molecule has 1 unspecified atom stereocenters. The number of anilines is 1. The van der Waals surface area contributed by atoms with Crippen molar-refractivity contribution in [1.29, 1.82) is 0 Å². The number of hydrogen-bond donors (Lipinski definition) is 1. The Balaban J connectivity index is 2.97. The van der Waals surface area contributed by atoms with Crippen molar-refractivity contribution in [2.45, 2.75) is 13.0 Å². The van der Waals surface area contributed by atoms with Crippen molar-refractivity contribution in [2.24, 2.45) is 0 Å². The SMILES string of the molecule is COC(=O)c1ccc(NC(C)CSC)c(F)c1F. The van der Waals surface area contributed by atoms with Crippen LogP contribution in [0.1, 0.15) is 17.3 Å². The lowest BCUT2D eigenvalue weighted by Gasteiger charge is -2.15. The number of carbonyl (C=O) groups is 1. The van der Waals surface area contributed by atoms with E-state index < -0.39 is 23.2 Å². The largest absolute Gasteiger partial charge is 0.465 e. The highest BCUT2D eigenvalue weighted by molar-refractivity contribution is 7.98. The Kier molecular flexibility index (Phi) is 5.40. The number of hydrogen-bond acceptors (Lipinski definition) is 4. The molecule has 1 aromatic rings. The molecule has 1 rings (SSSR count). The van der Waals surface area contributed by atoms with Crippen molar-refractivity contribution in [3.63, 3.8) is 0 Å². The van der Waals surface area contributed by atoms with E-state index in [1.807, 2.05) is 13.2 Å². The molecule has 0 radical (unpaired) electrons. The summed E-state index contributed by atoms with van der Waals surface area (Å²) >= 11 is 1.60. The monoisotopic (exact) mass is 275 g/mol. The van der Waals surface area contributed by atoms with Crippen LogP contribution >= 0.6 is 11.8 Å². The van der Waals surface area contributed by atoms with Crippen molar-refractivity contribution in [2.75, 3.05) is 24.4 Å². The fourth-order valence-corrected chi connectivity index (χ4v) is 2.07. The van der Waals surface area contributed by atoms with Gasteiger partial charge in [-0.15, -0.1) is 0 Å². The van der Waals surface area contributed by atoms with Crippen LogP contribution in [0.25, 0.3) is 0 Å². The number of halogens is 2. The molecule has 0 spiro atoms. The third-order valence-corrected chi connectivity index (χ3v) is 3.14. The van der Waals surface area contributed by atoms with Gasteiger partial charge < -0.3 is 10.1 Å². The summed E-state index contributed by atoms with van der Waals surface area (Å²) in [5.41, 5.74) is -0.361. The first-order valence-electron chi connectivity index (χ1n) is 5.33. The van der Waals surface area contributed by atoms with Crippen molar-refractivity contribution in [3.05, 3.63) is 29.3 Å². The van der Waals surface area contributed by atoms with Gasteiger partial charge in [0.1, 0.15) is 0 Å². The first kappa shape index (κ1) is 14.8. The van der Waals surface area contributed by atoms with E-state index in [9.17, 15) is 13.6 Å². The fourth-order valence-electron chi connectivity index (χ4n) is 1.49. The normalized spacial score (nSPS) is 12.1. The van der Waals surface area contributed by atoms with Gasteiger partial charge in [0.15, 0.2) is 11.6 Å². The quantitative estimate of drug-likeness (QED) is 0.839. The first-order chi connectivity index (χ1) is 8.51. The van der Waals surface area contributed by atoms with Gasteiger partial charge in [0.05, 0.1) is 18.4 Å². The van der Waals surface area contributed by atoms with Gasteiger partial charge in [-0.25, -0.2) is 13.6 Å². The second-order valence-electron chi connectivity index (χ2n) is 3.78. The average Bonchev–Trinajstić information content (AvgIpc) is 2.34. The van der Waals surface area contributed by atoms with Crippen LogP contribution in [0.5, 0.6) is 0 Å². The summed E-state index contributed by atoms with van der Waals surface area (Å²) in [6.07, 6.45) is 1.93. The van der Waals surface area contributed by atoms with E-state index >= 15 is 0 Å². The third-order valence-electron chi connectivity index (χ3n) is 2.31. The number of nitrogens with one attached hydrogen (secondary N) is 1. The summed E-state index contributed by atoms with van der Waals surface area (Å²) in [7, 11) is 1.12. The zero-order valence-corrected chi connectivity index (χ0v) is 11.2. The molecule has 0 aliphatic heterocycles. The predicted octanol–water partition coefficient (Wildman–Crippen LogP) is 2.91. The minimum absolute atomic E-state index is 0.00197.